The van der Waals surface area contributed by atoms with Crippen LogP contribution in [0.15, 0.2) is 47.6 Å². The Hall–Kier alpha value is -3.57. The van der Waals surface area contributed by atoms with Gasteiger partial charge in [0.25, 0.3) is 6.47 Å². The fourth-order valence-corrected chi connectivity index (χ4v) is 2.92. The molecule has 0 saturated heterocycles. The summed E-state index contributed by atoms with van der Waals surface area (Å²) < 4.78 is 77.8. The molecule has 3 rings (SSSR count). The summed E-state index contributed by atoms with van der Waals surface area (Å²) in [6.45, 7) is 1.57. The lowest BCUT2D eigenvalue weighted by atomic mass is 9.94. The van der Waals surface area contributed by atoms with E-state index in [1.54, 1.807) is 12.1 Å². The van der Waals surface area contributed by atoms with Crippen LogP contribution in [0.2, 0.25) is 0 Å². The highest BCUT2D eigenvalue weighted by Gasteiger charge is 2.37. The molecule has 1 amide bonds. The van der Waals surface area contributed by atoms with Crippen LogP contribution in [0.3, 0.4) is 0 Å². The second-order valence-corrected chi connectivity index (χ2v) is 6.74. The predicted octanol–water partition coefficient (Wildman–Crippen LogP) is 5.03. The van der Waals surface area contributed by atoms with E-state index >= 15 is 0 Å². The number of carbonyl (C=O) groups is 2. The van der Waals surface area contributed by atoms with E-state index in [1.807, 2.05) is 6.92 Å². The van der Waals surface area contributed by atoms with E-state index < -0.39 is 23.5 Å². The zero-order valence-corrected chi connectivity index (χ0v) is 16.4. The number of amides is 1. The Morgan fingerprint density at radius 2 is 1.50 bits per heavy atom. The summed E-state index contributed by atoms with van der Waals surface area (Å²) in [6.07, 6.45) is -9.56. The lowest BCUT2D eigenvalue weighted by molar-refractivity contribution is -0.143. The molecule has 0 unspecified atom stereocenters. The minimum atomic E-state index is -4.92. The van der Waals surface area contributed by atoms with E-state index in [-0.39, 0.29) is 36.5 Å². The quantitative estimate of drug-likeness (QED) is 0.442. The van der Waals surface area contributed by atoms with Crippen LogP contribution in [0.1, 0.15) is 30.0 Å². The van der Waals surface area contributed by atoms with Crippen molar-refractivity contribution in [3.05, 3.63) is 59.2 Å². The SMILES string of the molecule is C[C@@H]1CC(=O)NN=C1c1ccc(Nc2cc(C(F)(F)F)cc(C(F)(F)F)c2)cc1.O=CO. The van der Waals surface area contributed by atoms with Crippen LogP contribution in [0.4, 0.5) is 37.7 Å². The van der Waals surface area contributed by atoms with Gasteiger partial charge in [-0.1, -0.05) is 19.1 Å². The highest BCUT2D eigenvalue weighted by molar-refractivity contribution is 6.05. The maximum atomic E-state index is 13.0. The molecule has 172 valence electrons. The molecule has 3 N–H and O–H groups in total. The Kier molecular flexibility index (Phi) is 7.49. The number of hydrogen-bond donors (Lipinski definition) is 3. The Morgan fingerprint density at radius 1 is 1.00 bits per heavy atom. The molecule has 0 radical (unpaired) electrons. The first-order valence-corrected chi connectivity index (χ1v) is 8.96. The molecule has 6 nitrogen and oxygen atoms in total. The third-order valence-electron chi connectivity index (χ3n) is 4.32. The number of halogens is 6. The Bertz CT molecular complexity index is 969. The third kappa shape index (κ3) is 6.46. The summed E-state index contributed by atoms with van der Waals surface area (Å²) in [7, 11) is 0. The zero-order chi connectivity index (χ0) is 24.1. The molecule has 2 aromatic rings. The van der Waals surface area contributed by atoms with Crippen molar-refractivity contribution in [2.24, 2.45) is 11.0 Å². The molecule has 0 bridgehead atoms. The Balaban J connectivity index is 0.00000114. The predicted molar refractivity (Wildman–Crippen MR) is 103 cm³/mol. The number of rotatable bonds is 3. The fraction of sp³-hybridized carbons (Fsp3) is 0.250. The number of benzene rings is 2. The van der Waals surface area contributed by atoms with Crippen molar-refractivity contribution in [2.45, 2.75) is 25.7 Å². The molecule has 1 heterocycles. The van der Waals surface area contributed by atoms with E-state index in [0.29, 0.717) is 29.1 Å². The van der Waals surface area contributed by atoms with Gasteiger partial charge in [-0.25, -0.2) is 5.43 Å². The number of anilines is 2. The Labute approximate surface area is 177 Å². The normalized spacial score (nSPS) is 16.3. The number of hydrogen-bond acceptors (Lipinski definition) is 4. The zero-order valence-electron chi connectivity index (χ0n) is 16.4. The van der Waals surface area contributed by atoms with Crippen LogP contribution in [-0.2, 0) is 21.9 Å². The monoisotopic (exact) mass is 461 g/mol. The molecule has 0 saturated carbocycles. The highest BCUT2D eigenvalue weighted by Crippen LogP contribution is 2.38. The van der Waals surface area contributed by atoms with Gasteiger partial charge in [-0.2, -0.15) is 31.4 Å². The van der Waals surface area contributed by atoms with Crippen molar-refractivity contribution in [3.8, 4) is 0 Å². The minimum Gasteiger partial charge on any atom is -0.483 e. The minimum absolute atomic E-state index is 0.0746. The first-order chi connectivity index (χ1) is 14.8. The van der Waals surface area contributed by atoms with Gasteiger partial charge in [-0.05, 0) is 35.9 Å². The lowest BCUT2D eigenvalue weighted by Gasteiger charge is -2.19. The van der Waals surface area contributed by atoms with Gasteiger partial charge in [0, 0.05) is 23.7 Å². The van der Waals surface area contributed by atoms with Gasteiger partial charge in [-0.15, -0.1) is 0 Å². The van der Waals surface area contributed by atoms with Crippen molar-refractivity contribution < 1.29 is 41.0 Å². The van der Waals surface area contributed by atoms with E-state index in [4.69, 9.17) is 9.90 Å². The van der Waals surface area contributed by atoms with Crippen LogP contribution < -0.4 is 10.7 Å². The summed E-state index contributed by atoms with van der Waals surface area (Å²) in [5.74, 6) is -0.329. The summed E-state index contributed by atoms with van der Waals surface area (Å²) in [5.41, 5.74) is 0.865. The standard InChI is InChI=1S/C19H15F6N3O.CH2O2/c1-10-6-16(29)27-28-17(10)11-2-4-14(5-3-11)26-15-8-12(18(20,21)22)7-13(9-15)19(23,24)25;2-1-3/h2-5,7-10,26H,6H2,1H3,(H,27,29);1H,(H,2,3)/t10-;/m1./s1. The number of nitrogens with zero attached hydrogens (tertiary/aromatic N) is 1. The van der Waals surface area contributed by atoms with Crippen LogP contribution in [0.5, 0.6) is 0 Å². The van der Waals surface area contributed by atoms with Crippen LogP contribution >= 0.6 is 0 Å². The van der Waals surface area contributed by atoms with Gasteiger partial charge >= 0.3 is 12.4 Å². The van der Waals surface area contributed by atoms with Gasteiger partial charge in [0.15, 0.2) is 0 Å². The molecule has 0 aromatic heterocycles. The van der Waals surface area contributed by atoms with Gasteiger partial charge in [0.1, 0.15) is 0 Å². The van der Waals surface area contributed by atoms with E-state index in [2.05, 4.69) is 15.8 Å². The number of alkyl halides is 6. The maximum absolute atomic E-state index is 13.0. The second-order valence-electron chi connectivity index (χ2n) is 6.74. The largest absolute Gasteiger partial charge is 0.483 e. The van der Waals surface area contributed by atoms with Crippen molar-refractivity contribution in [1.82, 2.24) is 5.43 Å². The number of hydrazone groups is 1. The molecule has 1 atom stereocenters. The molecule has 0 aliphatic carbocycles. The van der Waals surface area contributed by atoms with Gasteiger partial charge in [0.05, 0.1) is 16.8 Å². The summed E-state index contributed by atoms with van der Waals surface area (Å²) >= 11 is 0. The van der Waals surface area contributed by atoms with Gasteiger partial charge < -0.3 is 10.4 Å². The van der Waals surface area contributed by atoms with Crippen molar-refractivity contribution in [3.63, 3.8) is 0 Å². The summed E-state index contributed by atoms with van der Waals surface area (Å²) in [4.78, 5) is 19.7. The molecule has 1 aliphatic rings. The first-order valence-electron chi connectivity index (χ1n) is 8.96. The number of carbonyl (C=O) groups excluding carboxylic acids is 1. The van der Waals surface area contributed by atoms with Crippen LogP contribution in [0.25, 0.3) is 0 Å². The number of nitrogens with one attached hydrogen (secondary N) is 2. The van der Waals surface area contributed by atoms with Crippen LogP contribution in [0, 0.1) is 5.92 Å². The molecule has 1 aliphatic heterocycles. The second kappa shape index (κ2) is 9.71. The van der Waals surface area contributed by atoms with Crippen molar-refractivity contribution >= 4 is 29.5 Å². The molecule has 32 heavy (non-hydrogen) atoms. The molecule has 12 heteroatoms. The molecular formula is C20H17F6N3O3. The van der Waals surface area contributed by atoms with E-state index in [1.165, 1.54) is 12.1 Å². The first kappa shape index (κ1) is 24.7. The molecule has 0 spiro atoms. The molecule has 0 fully saturated rings. The Morgan fingerprint density at radius 3 is 1.94 bits per heavy atom. The maximum Gasteiger partial charge on any atom is 0.416 e. The summed E-state index contributed by atoms with van der Waals surface area (Å²) in [6, 6.07) is 7.56. The average molecular weight is 461 g/mol. The number of carboxylic acid groups (broad SMARTS) is 1. The third-order valence-corrected chi connectivity index (χ3v) is 4.32. The molecular weight excluding hydrogens is 444 g/mol. The highest BCUT2D eigenvalue weighted by atomic mass is 19.4. The molecule has 2 aromatic carbocycles. The van der Waals surface area contributed by atoms with Crippen LogP contribution in [-0.4, -0.2) is 23.2 Å². The van der Waals surface area contributed by atoms with Gasteiger partial charge in [-0.3, -0.25) is 9.59 Å². The van der Waals surface area contributed by atoms with Gasteiger partial charge in [0.2, 0.25) is 5.91 Å². The fourth-order valence-electron chi connectivity index (χ4n) is 2.92. The topological polar surface area (TPSA) is 90.8 Å². The van der Waals surface area contributed by atoms with Crippen molar-refractivity contribution in [1.29, 1.82) is 0 Å². The van der Waals surface area contributed by atoms with E-state index in [0.717, 1.165) is 0 Å². The summed E-state index contributed by atoms with van der Waals surface area (Å²) in [5, 5.41) is 13.5. The smallest absolute Gasteiger partial charge is 0.416 e. The van der Waals surface area contributed by atoms with Crippen molar-refractivity contribution in [2.75, 3.05) is 5.32 Å². The average Bonchev–Trinajstić information content (AvgIpc) is 2.68. The lowest BCUT2D eigenvalue weighted by Crippen LogP contribution is -2.31. The van der Waals surface area contributed by atoms with E-state index in [9.17, 15) is 31.1 Å².